The second-order valence-corrected chi connectivity index (χ2v) is 17.0. The summed E-state index contributed by atoms with van der Waals surface area (Å²) in [5.74, 6) is 0.495. The van der Waals surface area contributed by atoms with E-state index < -0.39 is 17.8 Å². The molecule has 2 aliphatic heterocycles. The maximum atomic E-state index is 14.4. The second-order valence-electron chi connectivity index (χ2n) is 17.0. The Bertz CT molecular complexity index is 2090. The molecule has 3 unspecified atom stereocenters. The fourth-order valence-corrected chi connectivity index (χ4v) is 9.22. The number of carbonyl (C=O) groups is 3. The van der Waals surface area contributed by atoms with Crippen LogP contribution in [0.4, 0.5) is 17.1 Å². The van der Waals surface area contributed by atoms with E-state index in [1.54, 1.807) is 22.9 Å². The predicted molar refractivity (Wildman–Crippen MR) is 223 cm³/mol. The third kappa shape index (κ3) is 8.49. The molecule has 3 atom stereocenters. The van der Waals surface area contributed by atoms with Gasteiger partial charge in [0.15, 0.2) is 17.5 Å². The molecule has 13 heteroatoms. The van der Waals surface area contributed by atoms with Gasteiger partial charge in [-0.3, -0.25) is 9.59 Å². The molecule has 0 radical (unpaired) electrons. The molecule has 57 heavy (non-hydrogen) atoms. The molecule has 3 heterocycles. The van der Waals surface area contributed by atoms with Crippen LogP contribution >= 0.6 is 0 Å². The van der Waals surface area contributed by atoms with Gasteiger partial charge in [0, 0.05) is 41.9 Å². The summed E-state index contributed by atoms with van der Waals surface area (Å²) in [7, 11) is 1.48. The van der Waals surface area contributed by atoms with Gasteiger partial charge < -0.3 is 30.5 Å². The maximum Gasteiger partial charge on any atom is 0.342 e. The van der Waals surface area contributed by atoms with Crippen LogP contribution in [0.15, 0.2) is 40.9 Å². The summed E-state index contributed by atoms with van der Waals surface area (Å²) in [5, 5.41) is 16.7. The molecule has 1 amide bonds. The summed E-state index contributed by atoms with van der Waals surface area (Å²) < 4.78 is 13.4. The van der Waals surface area contributed by atoms with Gasteiger partial charge in [-0.15, -0.1) is 5.10 Å². The second kappa shape index (κ2) is 16.8. The fourth-order valence-electron chi connectivity index (χ4n) is 9.22. The molecule has 0 saturated heterocycles. The van der Waals surface area contributed by atoms with E-state index in [-0.39, 0.29) is 60.1 Å². The number of aliphatic imine (C=N–C) groups is 1. The molecule has 3 aliphatic rings. The van der Waals surface area contributed by atoms with Crippen LogP contribution in [0.2, 0.25) is 0 Å². The Balaban J connectivity index is 1.46. The molecule has 0 spiro atoms. The van der Waals surface area contributed by atoms with Gasteiger partial charge in [-0.2, -0.15) is 4.68 Å². The number of carboxylic acids is 1. The Morgan fingerprint density at radius 3 is 2.44 bits per heavy atom. The summed E-state index contributed by atoms with van der Waals surface area (Å²) in [6.45, 7) is 18.7. The summed E-state index contributed by atoms with van der Waals surface area (Å²) in [6, 6.07) is 9.51. The number of nitrogens with one attached hydrogen (secondary N) is 1. The zero-order valence-electron chi connectivity index (χ0n) is 34.9. The van der Waals surface area contributed by atoms with E-state index in [2.05, 4.69) is 77.7 Å². The largest absolute Gasteiger partial charge is 0.495 e. The summed E-state index contributed by atoms with van der Waals surface area (Å²) in [5.41, 5.74) is 12.3. The number of hydrogen-bond acceptors (Lipinski definition) is 10. The van der Waals surface area contributed by atoms with Crippen LogP contribution in [0.3, 0.4) is 0 Å². The number of nitrogens with two attached hydrogens (primary N) is 1. The quantitative estimate of drug-likeness (QED) is 0.145. The van der Waals surface area contributed by atoms with E-state index in [4.69, 9.17) is 35.4 Å². The van der Waals surface area contributed by atoms with Crippen molar-refractivity contribution in [2.45, 2.75) is 118 Å². The number of aryl methyl sites for hydroxylation is 1. The number of unbranched alkanes of at least 4 members (excludes halogenated alkanes) is 1. The van der Waals surface area contributed by atoms with E-state index in [0.29, 0.717) is 40.2 Å². The number of hydrogen-bond donors (Lipinski definition) is 3. The highest BCUT2D eigenvalue weighted by molar-refractivity contribution is 6.28. The Morgan fingerprint density at radius 2 is 1.79 bits per heavy atom. The van der Waals surface area contributed by atoms with E-state index in [1.165, 1.54) is 18.4 Å². The number of benzene rings is 2. The number of amides is 1. The van der Waals surface area contributed by atoms with Crippen molar-refractivity contribution >= 4 is 46.3 Å². The lowest BCUT2D eigenvalue weighted by molar-refractivity contribution is -0.150. The van der Waals surface area contributed by atoms with Crippen molar-refractivity contribution in [3.63, 3.8) is 0 Å². The van der Waals surface area contributed by atoms with Gasteiger partial charge in [0.1, 0.15) is 17.4 Å². The molecule has 1 aromatic heterocycles. The first-order valence-electron chi connectivity index (χ1n) is 20.4. The maximum absolute atomic E-state index is 14.4. The smallest absolute Gasteiger partial charge is 0.342 e. The summed E-state index contributed by atoms with van der Waals surface area (Å²) >= 11 is 0. The van der Waals surface area contributed by atoms with E-state index >= 15 is 0 Å². The number of aromatic nitrogens is 3. The van der Waals surface area contributed by atoms with Gasteiger partial charge in [-0.1, -0.05) is 41.0 Å². The molecule has 13 nitrogen and oxygen atoms in total. The average Bonchev–Trinajstić information content (AvgIpc) is 3.69. The van der Waals surface area contributed by atoms with Crippen molar-refractivity contribution in [1.82, 2.24) is 14.8 Å². The normalized spacial score (nSPS) is 23.3. The third-order valence-electron chi connectivity index (χ3n) is 11.9. The average molecular weight is 782 g/mol. The van der Waals surface area contributed by atoms with Crippen molar-refractivity contribution in [1.29, 1.82) is 0 Å². The SMILES string of the molecule is CCCCN1c2cc(C)c(N=C3C(CN)=C(C(=O)OC4C(C)CC(C)CC4C)c4nc(-c5ccc(OC)c(NC(=O)CCC(=O)O)c5)nn43)cc2C(C)CC1(C)C. The number of aliphatic carboxylic acids is 1. The lowest BCUT2D eigenvalue weighted by Gasteiger charge is -2.48. The van der Waals surface area contributed by atoms with E-state index in [1.807, 2.05) is 0 Å². The molecule has 306 valence electrons. The monoisotopic (exact) mass is 781 g/mol. The zero-order valence-corrected chi connectivity index (χ0v) is 34.9. The highest BCUT2D eigenvalue weighted by Crippen LogP contribution is 2.46. The van der Waals surface area contributed by atoms with Crippen LogP contribution < -0.4 is 20.7 Å². The molecule has 2 aromatic carbocycles. The molecule has 1 aliphatic carbocycles. The first-order valence-corrected chi connectivity index (χ1v) is 20.4. The van der Waals surface area contributed by atoms with Gasteiger partial charge in [0.25, 0.3) is 0 Å². The molecular weight excluding hydrogens is 723 g/mol. The number of esters is 1. The lowest BCUT2D eigenvalue weighted by Crippen LogP contribution is -2.48. The van der Waals surface area contributed by atoms with Crippen molar-refractivity contribution in [3.05, 3.63) is 52.9 Å². The topological polar surface area (TPSA) is 174 Å². The Kier molecular flexibility index (Phi) is 12.3. The minimum absolute atomic E-state index is 0.00484. The Labute approximate surface area is 336 Å². The number of fused-ring (bicyclic) bond motifs is 2. The first kappa shape index (κ1) is 41.6. The van der Waals surface area contributed by atoms with Crippen molar-refractivity contribution in [2.75, 3.05) is 30.4 Å². The number of anilines is 2. The van der Waals surface area contributed by atoms with Crippen LogP contribution in [0.25, 0.3) is 17.0 Å². The number of ether oxygens (including phenoxy) is 2. The predicted octanol–water partition coefficient (Wildman–Crippen LogP) is 7.88. The Hall–Kier alpha value is -5.04. The Morgan fingerprint density at radius 1 is 1.07 bits per heavy atom. The van der Waals surface area contributed by atoms with Gasteiger partial charge in [-0.25, -0.2) is 14.8 Å². The summed E-state index contributed by atoms with van der Waals surface area (Å²) in [6.07, 6.45) is 4.37. The highest BCUT2D eigenvalue weighted by Gasteiger charge is 2.41. The van der Waals surface area contributed by atoms with Crippen molar-refractivity contribution in [3.8, 4) is 17.1 Å². The van der Waals surface area contributed by atoms with Gasteiger partial charge in [-0.05, 0) is 112 Å². The van der Waals surface area contributed by atoms with Gasteiger partial charge in [0.05, 0.1) is 24.9 Å². The number of carbonyl (C=O) groups excluding carboxylic acids is 2. The van der Waals surface area contributed by atoms with E-state index in [0.717, 1.165) is 49.9 Å². The molecule has 1 saturated carbocycles. The van der Waals surface area contributed by atoms with Crippen LogP contribution in [0.5, 0.6) is 5.75 Å². The van der Waals surface area contributed by atoms with Gasteiger partial charge >= 0.3 is 11.9 Å². The number of methoxy groups -OCH3 is 1. The number of carboxylic acid groups (broad SMARTS) is 1. The highest BCUT2D eigenvalue weighted by atomic mass is 16.5. The molecule has 1 fully saturated rings. The number of rotatable bonds is 13. The van der Waals surface area contributed by atoms with Crippen LogP contribution in [0.1, 0.15) is 116 Å². The van der Waals surface area contributed by atoms with Crippen LogP contribution in [-0.4, -0.2) is 75.4 Å². The van der Waals surface area contributed by atoms with Crippen molar-refractivity contribution in [2.24, 2.45) is 28.5 Å². The standard InChI is InChI=1S/C44H59N7O6/c1-10-11-16-50-34-19-25(3)32(21-30(34)28(6)22-44(50,7)8)47-41-31(23-45)38(43(55)57-39-26(4)17-24(2)18-27(39)5)42-48-40(49-51(41)42)29-12-13-35(56-9)33(20-29)46-36(52)14-15-37(53)54/h12-13,19-21,24,26-28,39H,10-11,14-18,22-23,45H2,1-9H3,(H,46,52)(H,53,54). The third-order valence-corrected chi connectivity index (χ3v) is 11.9. The molecule has 4 N–H and O–H groups in total. The first-order chi connectivity index (χ1) is 27.1. The molecule has 0 bridgehead atoms. The number of nitrogens with zero attached hydrogens (tertiary/aromatic N) is 5. The summed E-state index contributed by atoms with van der Waals surface area (Å²) in [4.78, 5) is 50.9. The van der Waals surface area contributed by atoms with Crippen LogP contribution in [0, 0.1) is 24.7 Å². The van der Waals surface area contributed by atoms with Crippen molar-refractivity contribution < 1.29 is 29.0 Å². The fraction of sp³-hybridized carbons (Fsp3) is 0.545. The molecule has 3 aromatic rings. The molecule has 6 rings (SSSR count). The minimum atomic E-state index is -1.07. The minimum Gasteiger partial charge on any atom is -0.495 e. The van der Waals surface area contributed by atoms with Gasteiger partial charge in [0.2, 0.25) is 5.91 Å². The van der Waals surface area contributed by atoms with Crippen LogP contribution in [-0.2, 0) is 19.1 Å². The van der Waals surface area contributed by atoms with E-state index in [9.17, 15) is 14.4 Å². The lowest BCUT2D eigenvalue weighted by atomic mass is 9.75. The molecular formula is C44H59N7O6. The zero-order chi connectivity index (χ0) is 41.3.